The first-order valence-corrected chi connectivity index (χ1v) is 14.1. The predicted octanol–water partition coefficient (Wildman–Crippen LogP) is 8.00. The number of aromatic hydroxyl groups is 1. The van der Waals surface area contributed by atoms with Gasteiger partial charge in [0.15, 0.2) is 5.60 Å². The zero-order chi connectivity index (χ0) is 25.0. The van der Waals surface area contributed by atoms with Crippen LogP contribution in [0.5, 0.6) is 11.5 Å². The molecule has 2 N–H and O–H groups in total. The van der Waals surface area contributed by atoms with E-state index in [0.29, 0.717) is 12.2 Å². The van der Waals surface area contributed by atoms with E-state index in [-0.39, 0.29) is 5.91 Å². The monoisotopic (exact) mass is 473 g/mol. The molecule has 0 saturated heterocycles. The Hall–Kier alpha value is -1.71. The maximum atomic E-state index is 12.9. The number of unbranched alkanes of at least 4 members (excludes halogenated alkanes) is 13. The van der Waals surface area contributed by atoms with Gasteiger partial charge in [0.25, 0.3) is 5.91 Å². The molecule has 0 unspecified atom stereocenters. The summed E-state index contributed by atoms with van der Waals surface area (Å²) in [6, 6.07) is 0. The molecule has 0 fully saturated rings. The van der Waals surface area contributed by atoms with Crippen LogP contribution in [-0.4, -0.2) is 23.2 Å². The summed E-state index contributed by atoms with van der Waals surface area (Å²) in [6.45, 7) is 10.7. The van der Waals surface area contributed by atoms with E-state index in [0.717, 1.165) is 47.4 Å². The summed E-state index contributed by atoms with van der Waals surface area (Å²) in [5, 5.41) is 13.5. The molecular weight excluding hydrogens is 422 g/mol. The number of fused-ring (bicyclic) bond motifs is 1. The number of hydrogen-bond donors (Lipinski definition) is 2. The molecule has 0 bridgehead atoms. The first kappa shape index (κ1) is 28.5. The maximum absolute atomic E-state index is 12.9. The number of nitrogens with one attached hydrogen (secondary N) is 1. The van der Waals surface area contributed by atoms with E-state index >= 15 is 0 Å². The summed E-state index contributed by atoms with van der Waals surface area (Å²) in [5.74, 6) is 1.12. The highest BCUT2D eigenvalue weighted by Gasteiger charge is 2.40. The SMILES string of the molecule is CCCCCCCCCCCCCCCCNC(=O)[C@@]1(C)CCc2c(C)c(O)c(C)c(C)c2O1. The van der Waals surface area contributed by atoms with Gasteiger partial charge >= 0.3 is 0 Å². The van der Waals surface area contributed by atoms with Gasteiger partial charge in [0, 0.05) is 18.5 Å². The number of hydrogen-bond acceptors (Lipinski definition) is 3. The van der Waals surface area contributed by atoms with Crippen molar-refractivity contribution in [2.45, 2.75) is 143 Å². The van der Waals surface area contributed by atoms with E-state index in [2.05, 4.69) is 12.2 Å². The van der Waals surface area contributed by atoms with Crippen molar-refractivity contribution in [3.05, 3.63) is 22.3 Å². The second kappa shape index (κ2) is 14.6. The van der Waals surface area contributed by atoms with Crippen molar-refractivity contribution < 1.29 is 14.6 Å². The standard InChI is InChI=1S/C30H51NO3/c1-6-7-8-9-10-11-12-13-14-15-16-17-18-19-22-31-29(33)30(5)21-20-26-25(4)27(32)23(2)24(3)28(26)34-30/h32H,6-22H2,1-5H3,(H,31,33)/t30-/m1/s1. The van der Waals surface area contributed by atoms with Crippen molar-refractivity contribution in [1.82, 2.24) is 5.32 Å². The first-order chi connectivity index (χ1) is 16.3. The molecule has 0 spiro atoms. The molecule has 1 amide bonds. The minimum absolute atomic E-state index is 0.0179. The van der Waals surface area contributed by atoms with Crippen molar-refractivity contribution in [1.29, 1.82) is 0 Å². The van der Waals surface area contributed by atoms with Crippen LogP contribution < -0.4 is 10.1 Å². The summed E-state index contributed by atoms with van der Waals surface area (Å²) in [6.07, 6.45) is 20.1. The van der Waals surface area contributed by atoms with E-state index in [1.165, 1.54) is 83.5 Å². The second-order valence-electron chi connectivity index (χ2n) is 10.7. The van der Waals surface area contributed by atoms with Crippen LogP contribution in [0.3, 0.4) is 0 Å². The highest BCUT2D eigenvalue weighted by Crippen LogP contribution is 2.43. The summed E-state index contributed by atoms with van der Waals surface area (Å²) in [7, 11) is 0. The fraction of sp³-hybridized carbons (Fsp3) is 0.767. The molecule has 0 aliphatic carbocycles. The van der Waals surface area contributed by atoms with Crippen LogP contribution in [0, 0.1) is 20.8 Å². The van der Waals surface area contributed by atoms with Crippen molar-refractivity contribution in [3.63, 3.8) is 0 Å². The molecule has 4 heteroatoms. The Morgan fingerprint density at radius 2 is 1.32 bits per heavy atom. The fourth-order valence-corrected chi connectivity index (χ4v) is 5.12. The molecule has 0 aromatic heterocycles. The summed E-state index contributed by atoms with van der Waals surface area (Å²) in [4.78, 5) is 12.9. The predicted molar refractivity (Wildman–Crippen MR) is 143 cm³/mol. The lowest BCUT2D eigenvalue weighted by molar-refractivity contribution is -0.136. The maximum Gasteiger partial charge on any atom is 0.263 e. The quantitative estimate of drug-likeness (QED) is 0.239. The average molecular weight is 474 g/mol. The number of carbonyl (C=O) groups is 1. The number of benzene rings is 1. The lowest BCUT2D eigenvalue weighted by atomic mass is 9.86. The number of amides is 1. The highest BCUT2D eigenvalue weighted by atomic mass is 16.5. The van der Waals surface area contributed by atoms with Gasteiger partial charge in [0.1, 0.15) is 11.5 Å². The number of carbonyl (C=O) groups excluding carboxylic acids is 1. The van der Waals surface area contributed by atoms with Crippen LogP contribution in [0.2, 0.25) is 0 Å². The Morgan fingerprint density at radius 3 is 1.85 bits per heavy atom. The molecule has 1 aromatic carbocycles. The minimum Gasteiger partial charge on any atom is -0.507 e. The van der Waals surface area contributed by atoms with Crippen molar-refractivity contribution in [2.24, 2.45) is 0 Å². The van der Waals surface area contributed by atoms with Gasteiger partial charge in [-0.2, -0.15) is 0 Å². The second-order valence-corrected chi connectivity index (χ2v) is 10.7. The third-order valence-electron chi connectivity index (χ3n) is 7.82. The van der Waals surface area contributed by atoms with Gasteiger partial charge in [-0.15, -0.1) is 0 Å². The van der Waals surface area contributed by atoms with Crippen molar-refractivity contribution >= 4 is 5.91 Å². The van der Waals surface area contributed by atoms with E-state index in [1.54, 1.807) is 0 Å². The molecule has 2 rings (SSSR count). The molecule has 0 radical (unpaired) electrons. The number of rotatable bonds is 16. The molecule has 34 heavy (non-hydrogen) atoms. The van der Waals surface area contributed by atoms with Gasteiger partial charge in [-0.3, -0.25) is 4.79 Å². The fourth-order valence-electron chi connectivity index (χ4n) is 5.12. The summed E-state index contributed by atoms with van der Waals surface area (Å²) >= 11 is 0. The molecule has 194 valence electrons. The number of phenolic OH excluding ortho intramolecular Hbond substituents is 1. The van der Waals surface area contributed by atoms with Gasteiger partial charge < -0.3 is 15.2 Å². The van der Waals surface area contributed by atoms with Crippen LogP contribution in [0.1, 0.15) is 132 Å². The Kier molecular flexibility index (Phi) is 12.3. The zero-order valence-electron chi connectivity index (χ0n) is 22.8. The van der Waals surface area contributed by atoms with Gasteiger partial charge in [-0.1, -0.05) is 90.4 Å². The molecule has 4 nitrogen and oxygen atoms in total. The molecule has 1 atom stereocenters. The van der Waals surface area contributed by atoms with Crippen LogP contribution in [0.15, 0.2) is 0 Å². The molecule has 1 aliphatic rings. The molecule has 1 heterocycles. The average Bonchev–Trinajstić information content (AvgIpc) is 2.83. The minimum atomic E-state index is -0.844. The topological polar surface area (TPSA) is 58.6 Å². The number of ether oxygens (including phenoxy) is 1. The van der Waals surface area contributed by atoms with E-state index in [1.807, 2.05) is 27.7 Å². The van der Waals surface area contributed by atoms with Crippen LogP contribution in [0.25, 0.3) is 0 Å². The normalized spacial score (nSPS) is 17.3. The molecular formula is C30H51NO3. The molecule has 1 aliphatic heterocycles. The Balaban J connectivity index is 1.57. The van der Waals surface area contributed by atoms with Crippen LogP contribution in [-0.2, 0) is 11.2 Å². The van der Waals surface area contributed by atoms with Crippen LogP contribution >= 0.6 is 0 Å². The smallest absolute Gasteiger partial charge is 0.263 e. The lowest BCUT2D eigenvalue weighted by Crippen LogP contribution is -2.51. The van der Waals surface area contributed by atoms with E-state index < -0.39 is 5.60 Å². The molecule has 1 aromatic rings. The Bertz CT molecular complexity index is 773. The van der Waals surface area contributed by atoms with Gasteiger partial charge in [0.2, 0.25) is 0 Å². The van der Waals surface area contributed by atoms with Crippen LogP contribution in [0.4, 0.5) is 0 Å². The summed E-state index contributed by atoms with van der Waals surface area (Å²) in [5.41, 5.74) is 2.84. The first-order valence-electron chi connectivity index (χ1n) is 14.1. The Morgan fingerprint density at radius 1 is 0.824 bits per heavy atom. The Labute approximate surface area is 209 Å². The number of phenols is 1. The van der Waals surface area contributed by atoms with Gasteiger partial charge in [-0.05, 0) is 57.2 Å². The zero-order valence-corrected chi connectivity index (χ0v) is 22.8. The van der Waals surface area contributed by atoms with E-state index in [4.69, 9.17) is 4.74 Å². The van der Waals surface area contributed by atoms with Crippen molar-refractivity contribution in [2.75, 3.05) is 6.54 Å². The van der Waals surface area contributed by atoms with Gasteiger partial charge in [0.05, 0.1) is 0 Å². The highest BCUT2D eigenvalue weighted by molar-refractivity contribution is 5.85. The third kappa shape index (κ3) is 8.20. The largest absolute Gasteiger partial charge is 0.507 e. The van der Waals surface area contributed by atoms with Gasteiger partial charge in [-0.25, -0.2) is 0 Å². The lowest BCUT2D eigenvalue weighted by Gasteiger charge is -2.36. The third-order valence-corrected chi connectivity index (χ3v) is 7.82. The van der Waals surface area contributed by atoms with Crippen molar-refractivity contribution in [3.8, 4) is 11.5 Å². The molecule has 0 saturated carbocycles. The summed E-state index contributed by atoms with van der Waals surface area (Å²) < 4.78 is 6.28. The van der Waals surface area contributed by atoms with E-state index in [9.17, 15) is 9.90 Å².